The molecule has 22 heavy (non-hydrogen) atoms. The lowest BCUT2D eigenvalue weighted by atomic mass is 10.1. The van der Waals surface area contributed by atoms with Gasteiger partial charge in [0.2, 0.25) is 0 Å². The molecule has 5 heteroatoms. The molecule has 0 aliphatic rings. The number of hydrogen-bond donors (Lipinski definition) is 1. The largest absolute Gasteiger partial charge is 0.352 e. The van der Waals surface area contributed by atoms with Gasteiger partial charge in [-0.25, -0.2) is 0 Å². The zero-order chi connectivity index (χ0) is 15.4. The van der Waals surface area contributed by atoms with Crippen LogP contribution in [-0.4, -0.2) is 27.2 Å². The average Bonchev–Trinajstić information content (AvgIpc) is 2.96. The summed E-state index contributed by atoms with van der Waals surface area (Å²) < 4.78 is 1.79. The molecule has 0 aliphatic carbocycles. The second-order valence-electron chi connectivity index (χ2n) is 5.30. The first kappa shape index (κ1) is 14.3. The van der Waals surface area contributed by atoms with E-state index in [1.54, 1.807) is 10.9 Å². The highest BCUT2D eigenvalue weighted by Gasteiger charge is 2.06. The van der Waals surface area contributed by atoms with Crippen molar-refractivity contribution in [2.45, 2.75) is 12.8 Å². The fourth-order valence-corrected chi connectivity index (χ4v) is 2.39. The summed E-state index contributed by atoms with van der Waals surface area (Å²) in [6.45, 7) is 0.639. The van der Waals surface area contributed by atoms with Crippen LogP contribution >= 0.6 is 0 Å². The molecular formula is C17H18N4O. The molecule has 0 radical (unpaired) electrons. The summed E-state index contributed by atoms with van der Waals surface area (Å²) in [4.78, 5) is 16.4. The van der Waals surface area contributed by atoms with Gasteiger partial charge >= 0.3 is 0 Å². The Hall–Kier alpha value is -2.69. The Labute approximate surface area is 129 Å². The molecule has 3 rings (SSSR count). The number of benzene rings is 1. The Bertz CT molecular complexity index is 794. The zero-order valence-electron chi connectivity index (χ0n) is 12.5. The number of hydrogen-bond acceptors (Lipinski definition) is 3. The van der Waals surface area contributed by atoms with Gasteiger partial charge in [0.15, 0.2) is 0 Å². The van der Waals surface area contributed by atoms with Crippen molar-refractivity contribution in [1.29, 1.82) is 0 Å². The standard InChI is InChI=1S/C17H18N4O/c1-21-12-13(10-20-21)5-4-8-18-17(22)15-9-14-6-2-3-7-16(14)19-11-15/h2-3,6-7,9-12H,4-5,8H2,1H3,(H,18,22). The maximum absolute atomic E-state index is 12.1. The van der Waals surface area contributed by atoms with Gasteiger partial charge in [-0.2, -0.15) is 5.10 Å². The Morgan fingerprint density at radius 2 is 2.14 bits per heavy atom. The van der Waals surface area contributed by atoms with Crippen LogP contribution in [0, 0.1) is 0 Å². The molecule has 0 unspecified atom stereocenters. The van der Waals surface area contributed by atoms with Gasteiger partial charge < -0.3 is 5.32 Å². The predicted molar refractivity (Wildman–Crippen MR) is 85.6 cm³/mol. The van der Waals surface area contributed by atoms with Crippen molar-refractivity contribution < 1.29 is 4.79 Å². The van der Waals surface area contributed by atoms with Crippen LogP contribution in [0.3, 0.4) is 0 Å². The van der Waals surface area contributed by atoms with E-state index >= 15 is 0 Å². The first-order valence-corrected chi connectivity index (χ1v) is 7.33. The molecule has 5 nitrogen and oxygen atoms in total. The number of pyridine rings is 1. The molecule has 0 saturated heterocycles. The monoisotopic (exact) mass is 294 g/mol. The highest BCUT2D eigenvalue weighted by molar-refractivity contribution is 5.97. The van der Waals surface area contributed by atoms with Crippen molar-refractivity contribution in [3.63, 3.8) is 0 Å². The average molecular weight is 294 g/mol. The second-order valence-corrected chi connectivity index (χ2v) is 5.30. The summed E-state index contributed by atoms with van der Waals surface area (Å²) >= 11 is 0. The van der Waals surface area contributed by atoms with Crippen LogP contribution in [0.15, 0.2) is 48.9 Å². The number of nitrogens with zero attached hydrogens (tertiary/aromatic N) is 3. The van der Waals surface area contributed by atoms with Crippen molar-refractivity contribution in [3.8, 4) is 0 Å². The van der Waals surface area contributed by atoms with E-state index < -0.39 is 0 Å². The van der Waals surface area contributed by atoms with Crippen molar-refractivity contribution in [3.05, 3.63) is 60.0 Å². The summed E-state index contributed by atoms with van der Waals surface area (Å²) in [5, 5.41) is 8.04. The third-order valence-electron chi connectivity index (χ3n) is 3.54. The van der Waals surface area contributed by atoms with Crippen LogP contribution < -0.4 is 5.32 Å². The zero-order valence-corrected chi connectivity index (χ0v) is 12.5. The number of carbonyl (C=O) groups is 1. The number of fused-ring (bicyclic) bond motifs is 1. The van der Waals surface area contributed by atoms with E-state index in [0.717, 1.165) is 23.7 Å². The lowest BCUT2D eigenvalue weighted by Crippen LogP contribution is -2.24. The van der Waals surface area contributed by atoms with Crippen molar-refractivity contribution in [2.24, 2.45) is 7.05 Å². The van der Waals surface area contributed by atoms with Gasteiger partial charge in [-0.15, -0.1) is 0 Å². The van der Waals surface area contributed by atoms with E-state index in [1.165, 1.54) is 5.56 Å². The van der Waals surface area contributed by atoms with Crippen LogP contribution in [0.25, 0.3) is 10.9 Å². The maximum Gasteiger partial charge on any atom is 0.252 e. The van der Waals surface area contributed by atoms with E-state index in [4.69, 9.17) is 0 Å². The van der Waals surface area contributed by atoms with E-state index in [-0.39, 0.29) is 5.91 Å². The highest BCUT2D eigenvalue weighted by atomic mass is 16.1. The molecule has 2 aromatic heterocycles. The molecule has 0 atom stereocenters. The molecule has 1 amide bonds. The summed E-state index contributed by atoms with van der Waals surface area (Å²) in [7, 11) is 1.90. The molecular weight excluding hydrogens is 276 g/mol. The highest BCUT2D eigenvalue weighted by Crippen LogP contribution is 2.12. The van der Waals surface area contributed by atoms with E-state index in [2.05, 4.69) is 15.4 Å². The normalized spacial score (nSPS) is 10.8. The van der Waals surface area contributed by atoms with Crippen LogP contribution in [-0.2, 0) is 13.5 Å². The van der Waals surface area contributed by atoms with Crippen LogP contribution in [0.1, 0.15) is 22.3 Å². The lowest BCUT2D eigenvalue weighted by molar-refractivity contribution is 0.0953. The summed E-state index contributed by atoms with van der Waals surface area (Å²) in [6.07, 6.45) is 7.27. The van der Waals surface area contributed by atoms with Crippen LogP contribution in [0.4, 0.5) is 0 Å². The molecule has 0 spiro atoms. The minimum absolute atomic E-state index is 0.0792. The van der Waals surface area contributed by atoms with Gasteiger partial charge in [0, 0.05) is 31.4 Å². The first-order valence-electron chi connectivity index (χ1n) is 7.33. The van der Waals surface area contributed by atoms with Gasteiger partial charge in [0.25, 0.3) is 5.91 Å². The number of para-hydroxylation sites is 1. The van der Waals surface area contributed by atoms with Crippen molar-refractivity contribution >= 4 is 16.8 Å². The Balaban J connectivity index is 1.54. The number of carbonyl (C=O) groups excluding carboxylic acids is 1. The van der Waals surface area contributed by atoms with Crippen molar-refractivity contribution in [2.75, 3.05) is 6.54 Å². The predicted octanol–water partition coefficient (Wildman–Crippen LogP) is 2.33. The fourth-order valence-electron chi connectivity index (χ4n) is 2.39. The smallest absolute Gasteiger partial charge is 0.252 e. The third-order valence-corrected chi connectivity index (χ3v) is 3.54. The number of amides is 1. The summed E-state index contributed by atoms with van der Waals surface area (Å²) in [5.74, 6) is -0.0792. The Kier molecular flexibility index (Phi) is 4.14. The lowest BCUT2D eigenvalue weighted by Gasteiger charge is -2.05. The number of nitrogens with one attached hydrogen (secondary N) is 1. The van der Waals surface area contributed by atoms with Gasteiger partial charge in [0.1, 0.15) is 0 Å². The molecule has 1 N–H and O–H groups in total. The minimum atomic E-state index is -0.0792. The molecule has 2 heterocycles. The Morgan fingerprint density at radius 1 is 1.27 bits per heavy atom. The first-order chi connectivity index (χ1) is 10.7. The molecule has 0 bridgehead atoms. The topological polar surface area (TPSA) is 59.8 Å². The quantitative estimate of drug-likeness (QED) is 0.735. The van der Waals surface area contributed by atoms with E-state index in [9.17, 15) is 4.79 Å². The summed E-state index contributed by atoms with van der Waals surface area (Å²) in [5.41, 5.74) is 2.68. The van der Waals surface area contributed by atoms with Gasteiger partial charge in [-0.1, -0.05) is 18.2 Å². The van der Waals surface area contributed by atoms with Gasteiger partial charge in [-0.3, -0.25) is 14.5 Å². The third kappa shape index (κ3) is 3.31. The van der Waals surface area contributed by atoms with Gasteiger partial charge in [0.05, 0.1) is 17.3 Å². The van der Waals surface area contributed by atoms with E-state index in [1.807, 2.05) is 49.8 Å². The van der Waals surface area contributed by atoms with Crippen molar-refractivity contribution in [1.82, 2.24) is 20.1 Å². The number of aromatic nitrogens is 3. The maximum atomic E-state index is 12.1. The SMILES string of the molecule is Cn1cc(CCCNC(=O)c2cnc3ccccc3c2)cn1. The molecule has 0 aliphatic heterocycles. The van der Waals surface area contributed by atoms with Gasteiger partial charge in [-0.05, 0) is 30.5 Å². The van der Waals surface area contributed by atoms with E-state index in [0.29, 0.717) is 12.1 Å². The minimum Gasteiger partial charge on any atom is -0.352 e. The molecule has 0 fully saturated rings. The van der Waals surface area contributed by atoms with Crippen LogP contribution in [0.2, 0.25) is 0 Å². The number of aryl methyl sites for hydroxylation is 2. The second kappa shape index (κ2) is 6.39. The molecule has 1 aromatic carbocycles. The molecule has 0 saturated carbocycles. The fraction of sp³-hybridized carbons (Fsp3) is 0.235. The summed E-state index contributed by atoms with van der Waals surface area (Å²) in [6, 6.07) is 9.65. The van der Waals surface area contributed by atoms with Crippen LogP contribution in [0.5, 0.6) is 0 Å². The number of rotatable bonds is 5. The Morgan fingerprint density at radius 3 is 2.95 bits per heavy atom. The molecule has 3 aromatic rings. The molecule has 112 valence electrons.